The third-order valence-electron chi connectivity index (χ3n) is 2.48. The van der Waals surface area contributed by atoms with Gasteiger partial charge in [0.05, 0.1) is 7.11 Å². The van der Waals surface area contributed by atoms with E-state index in [1.54, 1.807) is 25.3 Å². The molecule has 1 aromatic rings. The molecule has 0 aliphatic rings. The van der Waals surface area contributed by atoms with E-state index in [9.17, 15) is 8.78 Å². The number of benzene rings is 1. The van der Waals surface area contributed by atoms with Crippen molar-refractivity contribution in [2.24, 2.45) is 0 Å². The summed E-state index contributed by atoms with van der Waals surface area (Å²) in [6.07, 6.45) is 0.896. The number of hydrogen-bond donors (Lipinski definition) is 1. The van der Waals surface area contributed by atoms with Crippen LogP contribution in [-0.4, -0.2) is 34.0 Å². The van der Waals surface area contributed by atoms with E-state index >= 15 is 0 Å². The molecule has 0 spiro atoms. The van der Waals surface area contributed by atoms with Crippen LogP contribution >= 0.6 is 0 Å². The van der Waals surface area contributed by atoms with Gasteiger partial charge in [-0.1, -0.05) is 6.07 Å². The Labute approximate surface area is 111 Å². The number of hydrogen-bond acceptors (Lipinski definition) is 4. The van der Waals surface area contributed by atoms with E-state index in [1.165, 1.54) is 7.11 Å². The first-order chi connectivity index (χ1) is 9.17. The molecule has 108 valence electrons. The highest BCUT2D eigenvalue weighted by Gasteiger charge is 2.11. The van der Waals surface area contributed by atoms with E-state index in [0.717, 1.165) is 18.5 Å². The van der Waals surface area contributed by atoms with E-state index in [1.807, 2.05) is 0 Å². The fraction of sp³-hybridized carbons (Fsp3) is 0.538. The molecule has 0 heterocycles. The molecule has 1 rings (SSSR count). The molecule has 0 atom stereocenters. The average molecular weight is 275 g/mol. The Balaban J connectivity index is 2.54. The maximum atomic E-state index is 12.3. The summed E-state index contributed by atoms with van der Waals surface area (Å²) in [4.78, 5) is 0. The minimum atomic E-state index is -2.86. The van der Waals surface area contributed by atoms with Crippen LogP contribution in [0.2, 0.25) is 0 Å². The maximum absolute atomic E-state index is 12.3. The molecular formula is C13H19F2NO3. The molecule has 0 fully saturated rings. The van der Waals surface area contributed by atoms with E-state index in [0.29, 0.717) is 18.9 Å². The highest BCUT2D eigenvalue weighted by molar-refractivity contribution is 5.42. The van der Waals surface area contributed by atoms with Crippen molar-refractivity contribution < 1.29 is 23.0 Å². The third-order valence-corrected chi connectivity index (χ3v) is 2.48. The van der Waals surface area contributed by atoms with Crippen LogP contribution in [0.25, 0.3) is 0 Å². The van der Waals surface area contributed by atoms with Crippen LogP contribution in [0.15, 0.2) is 18.2 Å². The molecule has 1 N–H and O–H groups in total. The number of ether oxygens (including phenoxy) is 3. The monoisotopic (exact) mass is 275 g/mol. The zero-order chi connectivity index (χ0) is 14.1. The fourth-order valence-corrected chi connectivity index (χ4v) is 1.59. The normalized spacial score (nSPS) is 10.8. The maximum Gasteiger partial charge on any atom is 0.387 e. The fourth-order valence-electron chi connectivity index (χ4n) is 1.59. The van der Waals surface area contributed by atoms with Crippen LogP contribution < -0.4 is 14.8 Å². The Hall–Kier alpha value is -1.40. The molecule has 0 aliphatic heterocycles. The van der Waals surface area contributed by atoms with Gasteiger partial charge in [-0.05, 0) is 30.7 Å². The second-order valence-corrected chi connectivity index (χ2v) is 3.89. The van der Waals surface area contributed by atoms with Gasteiger partial charge in [0.25, 0.3) is 0 Å². The summed E-state index contributed by atoms with van der Waals surface area (Å²) < 4.78 is 38.8. The van der Waals surface area contributed by atoms with Crippen molar-refractivity contribution in [1.82, 2.24) is 5.32 Å². The van der Waals surface area contributed by atoms with E-state index in [2.05, 4.69) is 10.1 Å². The highest BCUT2D eigenvalue weighted by Crippen LogP contribution is 2.29. The quantitative estimate of drug-likeness (QED) is 0.703. The molecule has 1 aromatic carbocycles. The van der Waals surface area contributed by atoms with Gasteiger partial charge in [0.1, 0.15) is 0 Å². The number of nitrogens with one attached hydrogen (secondary N) is 1. The minimum Gasteiger partial charge on any atom is -0.493 e. The summed E-state index contributed by atoms with van der Waals surface area (Å²) in [5.41, 5.74) is 0.855. The van der Waals surface area contributed by atoms with Crippen molar-refractivity contribution in [3.05, 3.63) is 23.8 Å². The van der Waals surface area contributed by atoms with Crippen molar-refractivity contribution in [3.63, 3.8) is 0 Å². The predicted molar refractivity (Wildman–Crippen MR) is 67.8 cm³/mol. The van der Waals surface area contributed by atoms with Crippen LogP contribution in [0.4, 0.5) is 8.78 Å². The minimum absolute atomic E-state index is 0.0497. The van der Waals surface area contributed by atoms with Crippen molar-refractivity contribution >= 4 is 0 Å². The van der Waals surface area contributed by atoms with Gasteiger partial charge in [0.2, 0.25) is 0 Å². The summed E-state index contributed by atoms with van der Waals surface area (Å²) >= 11 is 0. The van der Waals surface area contributed by atoms with E-state index < -0.39 is 6.61 Å². The summed E-state index contributed by atoms with van der Waals surface area (Å²) in [7, 11) is 3.06. The first-order valence-corrected chi connectivity index (χ1v) is 5.98. The topological polar surface area (TPSA) is 39.7 Å². The van der Waals surface area contributed by atoms with Crippen molar-refractivity contribution in [3.8, 4) is 11.5 Å². The SMILES string of the molecule is COCCCNCc1ccc(OC)c(OC(F)F)c1. The Morgan fingerprint density at radius 2 is 2.00 bits per heavy atom. The first-order valence-electron chi connectivity index (χ1n) is 5.98. The zero-order valence-corrected chi connectivity index (χ0v) is 11.1. The molecule has 0 bridgehead atoms. The zero-order valence-electron chi connectivity index (χ0n) is 11.1. The Kier molecular flexibility index (Phi) is 7.14. The van der Waals surface area contributed by atoms with Gasteiger partial charge in [-0.3, -0.25) is 0 Å². The van der Waals surface area contributed by atoms with Crippen LogP contribution in [0.3, 0.4) is 0 Å². The lowest BCUT2D eigenvalue weighted by atomic mass is 10.2. The first kappa shape index (κ1) is 15.7. The second kappa shape index (κ2) is 8.66. The van der Waals surface area contributed by atoms with Crippen LogP contribution in [-0.2, 0) is 11.3 Å². The molecule has 0 unspecified atom stereocenters. The second-order valence-electron chi connectivity index (χ2n) is 3.89. The smallest absolute Gasteiger partial charge is 0.387 e. The number of halogens is 2. The summed E-state index contributed by atoms with van der Waals surface area (Å²) in [6, 6.07) is 4.97. The van der Waals surface area contributed by atoms with Gasteiger partial charge in [-0.25, -0.2) is 0 Å². The van der Waals surface area contributed by atoms with Gasteiger partial charge in [0.15, 0.2) is 11.5 Å². The Morgan fingerprint density at radius 3 is 2.63 bits per heavy atom. The average Bonchev–Trinajstić information content (AvgIpc) is 2.38. The standard InChI is InChI=1S/C13H19F2NO3/c1-17-7-3-6-16-9-10-4-5-11(18-2)12(8-10)19-13(14)15/h4-5,8,13,16H,3,6-7,9H2,1-2H3. The van der Waals surface area contributed by atoms with Crippen molar-refractivity contribution in [2.45, 2.75) is 19.6 Å². The summed E-state index contributed by atoms with van der Waals surface area (Å²) in [5.74, 6) is 0.345. The molecule has 0 aromatic heterocycles. The summed E-state index contributed by atoms with van der Waals surface area (Å²) in [6.45, 7) is -0.799. The molecule has 0 saturated carbocycles. The molecule has 19 heavy (non-hydrogen) atoms. The van der Waals surface area contributed by atoms with Gasteiger partial charge >= 0.3 is 6.61 Å². The van der Waals surface area contributed by atoms with Gasteiger partial charge in [0, 0.05) is 20.3 Å². The highest BCUT2D eigenvalue weighted by atomic mass is 19.3. The van der Waals surface area contributed by atoms with Crippen LogP contribution in [0, 0.1) is 0 Å². The van der Waals surface area contributed by atoms with E-state index in [4.69, 9.17) is 9.47 Å². The lowest BCUT2D eigenvalue weighted by Crippen LogP contribution is -2.16. The lowest BCUT2D eigenvalue weighted by Gasteiger charge is -2.12. The van der Waals surface area contributed by atoms with Gasteiger partial charge in [-0.15, -0.1) is 0 Å². The molecule has 0 amide bonds. The Bertz CT molecular complexity index is 375. The third kappa shape index (κ3) is 5.85. The molecule has 0 radical (unpaired) electrons. The summed E-state index contributed by atoms with van der Waals surface area (Å²) in [5, 5.41) is 3.19. The number of rotatable bonds is 9. The molecule has 6 heteroatoms. The van der Waals surface area contributed by atoms with Crippen molar-refractivity contribution in [1.29, 1.82) is 0 Å². The predicted octanol–water partition coefficient (Wildman–Crippen LogP) is 2.42. The molecule has 0 saturated heterocycles. The lowest BCUT2D eigenvalue weighted by molar-refractivity contribution is -0.0512. The van der Waals surface area contributed by atoms with Crippen molar-refractivity contribution in [2.75, 3.05) is 27.4 Å². The molecule has 0 aliphatic carbocycles. The number of alkyl halides is 2. The molecule has 4 nitrogen and oxygen atoms in total. The van der Waals surface area contributed by atoms with Crippen LogP contribution in [0.5, 0.6) is 11.5 Å². The van der Waals surface area contributed by atoms with Crippen LogP contribution in [0.1, 0.15) is 12.0 Å². The number of methoxy groups -OCH3 is 2. The van der Waals surface area contributed by atoms with Gasteiger partial charge in [-0.2, -0.15) is 8.78 Å². The molecular weight excluding hydrogens is 256 g/mol. The largest absolute Gasteiger partial charge is 0.493 e. The van der Waals surface area contributed by atoms with Gasteiger partial charge < -0.3 is 19.5 Å². The Morgan fingerprint density at radius 1 is 1.21 bits per heavy atom. The van der Waals surface area contributed by atoms with E-state index in [-0.39, 0.29) is 5.75 Å².